The number of hydrogen-bond acceptors (Lipinski definition) is 2. The third-order valence-corrected chi connectivity index (χ3v) is 3.90. The highest BCUT2D eigenvalue weighted by Gasteiger charge is 2.23. The van der Waals surface area contributed by atoms with E-state index in [2.05, 4.69) is 5.32 Å². The Kier molecular flexibility index (Phi) is 4.22. The summed E-state index contributed by atoms with van der Waals surface area (Å²) in [5.41, 5.74) is 1.93. The Hall–Kier alpha value is -2.17. The van der Waals surface area contributed by atoms with Crippen molar-refractivity contribution in [3.8, 4) is 0 Å². The first-order chi connectivity index (χ1) is 10.7. The van der Waals surface area contributed by atoms with Gasteiger partial charge in [-0.25, -0.2) is 4.39 Å². The highest BCUT2D eigenvalue weighted by Crippen LogP contribution is 2.28. The average Bonchev–Trinajstić information content (AvgIpc) is 2.92. The summed E-state index contributed by atoms with van der Waals surface area (Å²) >= 11 is 0. The molecule has 1 heterocycles. The zero-order valence-electron chi connectivity index (χ0n) is 12.4. The second-order valence-corrected chi connectivity index (χ2v) is 5.41. The van der Waals surface area contributed by atoms with E-state index in [0.717, 1.165) is 16.5 Å². The fourth-order valence-corrected chi connectivity index (χ4v) is 2.92. The zero-order chi connectivity index (χ0) is 15.5. The van der Waals surface area contributed by atoms with E-state index < -0.39 is 6.10 Å². The van der Waals surface area contributed by atoms with Crippen molar-refractivity contribution < 1.29 is 9.50 Å². The van der Waals surface area contributed by atoms with Crippen molar-refractivity contribution in [3.05, 3.63) is 72.2 Å². The van der Waals surface area contributed by atoms with E-state index in [1.54, 1.807) is 6.07 Å². The van der Waals surface area contributed by atoms with Gasteiger partial charge in [-0.1, -0.05) is 30.3 Å². The molecule has 0 unspecified atom stereocenters. The van der Waals surface area contributed by atoms with E-state index in [1.165, 1.54) is 12.1 Å². The number of fused-ring (bicyclic) bond motifs is 1. The van der Waals surface area contributed by atoms with Gasteiger partial charge >= 0.3 is 0 Å². The molecule has 0 bridgehead atoms. The maximum Gasteiger partial charge on any atom is 0.123 e. The largest absolute Gasteiger partial charge is 0.389 e. The fourth-order valence-electron chi connectivity index (χ4n) is 2.92. The van der Waals surface area contributed by atoms with Crippen molar-refractivity contribution in [2.75, 3.05) is 13.6 Å². The van der Waals surface area contributed by atoms with Crippen LogP contribution in [0.3, 0.4) is 0 Å². The lowest BCUT2D eigenvalue weighted by atomic mass is 10.0. The first kappa shape index (κ1) is 14.8. The normalized spacial score (nSPS) is 14.1. The van der Waals surface area contributed by atoms with Gasteiger partial charge in [0.05, 0.1) is 12.1 Å². The van der Waals surface area contributed by atoms with Crippen LogP contribution in [0, 0.1) is 5.82 Å². The molecule has 0 fully saturated rings. The van der Waals surface area contributed by atoms with Crippen molar-refractivity contribution in [2.24, 2.45) is 0 Å². The number of likely N-dealkylation sites (N-methyl/N-ethyl adjacent to an activating group) is 1. The van der Waals surface area contributed by atoms with Crippen LogP contribution in [0.5, 0.6) is 0 Å². The van der Waals surface area contributed by atoms with Crippen LogP contribution in [0.15, 0.2) is 60.8 Å². The van der Waals surface area contributed by atoms with Gasteiger partial charge < -0.3 is 15.0 Å². The summed E-state index contributed by atoms with van der Waals surface area (Å²) < 4.78 is 15.4. The van der Waals surface area contributed by atoms with Crippen molar-refractivity contribution >= 4 is 10.9 Å². The van der Waals surface area contributed by atoms with Crippen molar-refractivity contribution in [1.29, 1.82) is 0 Å². The number of halogens is 1. The van der Waals surface area contributed by atoms with Crippen molar-refractivity contribution in [2.45, 2.75) is 12.1 Å². The number of nitrogens with one attached hydrogen (secondary N) is 1. The molecular weight excluding hydrogens is 279 g/mol. The quantitative estimate of drug-likeness (QED) is 0.760. The van der Waals surface area contributed by atoms with Crippen molar-refractivity contribution in [1.82, 2.24) is 9.88 Å². The van der Waals surface area contributed by atoms with Gasteiger partial charge in [0.1, 0.15) is 5.82 Å². The van der Waals surface area contributed by atoms with Gasteiger partial charge in [0.2, 0.25) is 0 Å². The summed E-state index contributed by atoms with van der Waals surface area (Å²) in [6.45, 7) is 0.473. The Labute approximate surface area is 129 Å². The van der Waals surface area contributed by atoms with Gasteiger partial charge in [0.25, 0.3) is 0 Å². The van der Waals surface area contributed by atoms with Gasteiger partial charge in [-0.3, -0.25) is 0 Å². The molecule has 0 aliphatic carbocycles. The first-order valence-corrected chi connectivity index (χ1v) is 7.34. The summed E-state index contributed by atoms with van der Waals surface area (Å²) in [5, 5.41) is 14.4. The number of aliphatic hydroxyl groups excluding tert-OH is 1. The second kappa shape index (κ2) is 6.30. The molecule has 0 radical (unpaired) electrons. The molecule has 3 nitrogen and oxygen atoms in total. The van der Waals surface area contributed by atoms with Crippen LogP contribution in [0.2, 0.25) is 0 Å². The molecule has 1 aromatic heterocycles. The van der Waals surface area contributed by atoms with E-state index in [-0.39, 0.29) is 11.9 Å². The Bertz CT molecular complexity index is 754. The topological polar surface area (TPSA) is 37.2 Å². The Morgan fingerprint density at radius 3 is 2.64 bits per heavy atom. The van der Waals surface area contributed by atoms with Gasteiger partial charge in [-0.15, -0.1) is 0 Å². The lowest BCUT2D eigenvalue weighted by molar-refractivity contribution is 0.132. The summed E-state index contributed by atoms with van der Waals surface area (Å²) in [4.78, 5) is 0. The minimum absolute atomic E-state index is 0.225. The molecule has 2 aromatic carbocycles. The molecule has 0 saturated carbocycles. The molecule has 0 amide bonds. The lowest BCUT2D eigenvalue weighted by Gasteiger charge is -2.26. The van der Waals surface area contributed by atoms with Crippen LogP contribution in [0.4, 0.5) is 4.39 Å². The second-order valence-electron chi connectivity index (χ2n) is 5.41. The van der Waals surface area contributed by atoms with Crippen LogP contribution in [-0.4, -0.2) is 29.4 Å². The number of rotatable bonds is 5. The Morgan fingerprint density at radius 1 is 1.14 bits per heavy atom. The van der Waals surface area contributed by atoms with Crippen LogP contribution in [-0.2, 0) is 0 Å². The standard InChI is InChI=1S/C18H19FN2O/c1-20-12-17(22)18(13-5-3-2-4-6-13)21-10-9-14-11-15(19)7-8-16(14)21/h2-11,17-18,20,22H,12H2,1H3/t17-,18-/m0/s1. The number of nitrogens with zero attached hydrogens (tertiary/aromatic N) is 1. The van der Waals surface area contributed by atoms with E-state index in [9.17, 15) is 9.50 Å². The Morgan fingerprint density at radius 2 is 1.91 bits per heavy atom. The van der Waals surface area contributed by atoms with Crippen LogP contribution < -0.4 is 5.32 Å². The monoisotopic (exact) mass is 298 g/mol. The molecule has 0 saturated heterocycles. The van der Waals surface area contributed by atoms with Gasteiger partial charge in [0.15, 0.2) is 0 Å². The zero-order valence-corrected chi connectivity index (χ0v) is 12.4. The number of aliphatic hydroxyl groups is 1. The van der Waals surface area contributed by atoms with E-state index in [1.807, 2.05) is 54.2 Å². The molecular formula is C18H19FN2O. The molecule has 22 heavy (non-hydrogen) atoms. The van der Waals surface area contributed by atoms with Gasteiger partial charge in [-0.2, -0.15) is 0 Å². The minimum atomic E-state index is -0.590. The third-order valence-electron chi connectivity index (χ3n) is 3.90. The van der Waals surface area contributed by atoms with E-state index in [0.29, 0.717) is 6.54 Å². The summed E-state index contributed by atoms with van der Waals surface area (Å²) in [7, 11) is 1.81. The predicted octanol–water partition coefficient (Wildman–Crippen LogP) is 2.95. The van der Waals surface area contributed by atoms with Crippen LogP contribution >= 0.6 is 0 Å². The first-order valence-electron chi connectivity index (χ1n) is 7.34. The van der Waals surface area contributed by atoms with E-state index >= 15 is 0 Å². The van der Waals surface area contributed by atoms with Crippen molar-refractivity contribution in [3.63, 3.8) is 0 Å². The molecule has 4 heteroatoms. The van der Waals surface area contributed by atoms with Gasteiger partial charge in [-0.05, 0) is 36.9 Å². The minimum Gasteiger partial charge on any atom is -0.389 e. The van der Waals surface area contributed by atoms with E-state index in [4.69, 9.17) is 0 Å². The molecule has 0 spiro atoms. The molecule has 114 valence electrons. The smallest absolute Gasteiger partial charge is 0.123 e. The van der Waals surface area contributed by atoms with Gasteiger partial charge in [0, 0.05) is 23.6 Å². The van der Waals surface area contributed by atoms with Crippen LogP contribution in [0.1, 0.15) is 11.6 Å². The summed E-state index contributed by atoms with van der Waals surface area (Å²) in [5.74, 6) is -0.253. The lowest BCUT2D eigenvalue weighted by Crippen LogP contribution is -2.33. The molecule has 3 aromatic rings. The molecule has 2 atom stereocenters. The summed E-state index contributed by atoms with van der Waals surface area (Å²) in [6, 6.07) is 16.2. The maximum atomic E-state index is 13.4. The Balaban J connectivity index is 2.11. The highest BCUT2D eigenvalue weighted by atomic mass is 19.1. The molecule has 0 aliphatic rings. The molecule has 0 aliphatic heterocycles. The molecule has 3 rings (SSSR count). The predicted molar refractivity (Wildman–Crippen MR) is 86.4 cm³/mol. The molecule has 2 N–H and O–H groups in total. The number of hydrogen-bond donors (Lipinski definition) is 2. The maximum absolute atomic E-state index is 13.4. The number of aromatic nitrogens is 1. The fraction of sp³-hybridized carbons (Fsp3) is 0.222. The SMILES string of the molecule is CNC[C@H](O)[C@H](c1ccccc1)n1ccc2cc(F)ccc21. The number of benzene rings is 2. The average molecular weight is 298 g/mol. The highest BCUT2D eigenvalue weighted by molar-refractivity contribution is 5.80. The third kappa shape index (κ3) is 2.75. The van der Waals surface area contributed by atoms with Crippen LogP contribution in [0.25, 0.3) is 10.9 Å². The summed E-state index contributed by atoms with van der Waals surface area (Å²) in [6.07, 6.45) is 1.31.